The molecule has 7 nitrogen and oxygen atoms in total. The van der Waals surface area contributed by atoms with Crippen molar-refractivity contribution in [2.75, 3.05) is 23.3 Å². The highest BCUT2D eigenvalue weighted by Crippen LogP contribution is 2.31. The van der Waals surface area contributed by atoms with E-state index in [0.29, 0.717) is 24.5 Å². The summed E-state index contributed by atoms with van der Waals surface area (Å²) in [6.45, 7) is 2.96. The van der Waals surface area contributed by atoms with Gasteiger partial charge in [0.1, 0.15) is 5.84 Å². The number of amidine groups is 1. The fourth-order valence-electron chi connectivity index (χ4n) is 4.14. The van der Waals surface area contributed by atoms with Crippen LogP contribution in [0, 0.1) is 0 Å². The number of nitrogens with zero attached hydrogens (tertiary/aromatic N) is 2. The van der Waals surface area contributed by atoms with Gasteiger partial charge in [0.15, 0.2) is 0 Å². The van der Waals surface area contributed by atoms with Crippen LogP contribution in [0.4, 0.5) is 11.4 Å². The summed E-state index contributed by atoms with van der Waals surface area (Å²) >= 11 is 0. The molecule has 0 radical (unpaired) electrons. The van der Waals surface area contributed by atoms with E-state index in [1.54, 1.807) is 12.1 Å². The molecule has 0 aromatic heterocycles. The van der Waals surface area contributed by atoms with Crippen LogP contribution in [0.2, 0.25) is 0 Å². The first-order valence-electron chi connectivity index (χ1n) is 10.7. The van der Waals surface area contributed by atoms with Crippen LogP contribution in [0.3, 0.4) is 0 Å². The quantitative estimate of drug-likeness (QED) is 0.746. The SMILES string of the molecule is CC1Cc2ccccc2N1CC(=O)Nc1cccc(S(=O)(=O)NC2=NCCCCC2)c1. The molecule has 8 heteroatoms. The van der Waals surface area contributed by atoms with Gasteiger partial charge in [-0.2, -0.15) is 0 Å². The Hall–Kier alpha value is -2.87. The summed E-state index contributed by atoms with van der Waals surface area (Å²) in [7, 11) is -3.75. The molecule has 1 unspecified atom stereocenters. The molecule has 1 atom stereocenters. The van der Waals surface area contributed by atoms with E-state index in [2.05, 4.69) is 32.9 Å². The van der Waals surface area contributed by atoms with Gasteiger partial charge in [0.2, 0.25) is 5.91 Å². The Kier molecular flexibility index (Phi) is 6.27. The van der Waals surface area contributed by atoms with Crippen molar-refractivity contribution < 1.29 is 13.2 Å². The number of fused-ring (bicyclic) bond motifs is 1. The molecule has 0 spiro atoms. The lowest BCUT2D eigenvalue weighted by molar-refractivity contribution is -0.115. The number of rotatable bonds is 5. The highest BCUT2D eigenvalue weighted by molar-refractivity contribution is 7.90. The summed E-state index contributed by atoms with van der Waals surface area (Å²) in [5.74, 6) is 0.327. The van der Waals surface area contributed by atoms with Gasteiger partial charge < -0.3 is 10.2 Å². The van der Waals surface area contributed by atoms with Crippen molar-refractivity contribution in [3.05, 3.63) is 54.1 Å². The van der Waals surface area contributed by atoms with Crippen LogP contribution >= 0.6 is 0 Å². The summed E-state index contributed by atoms with van der Waals surface area (Å²) in [5, 5.41) is 2.84. The van der Waals surface area contributed by atoms with E-state index in [1.165, 1.54) is 17.7 Å². The third-order valence-electron chi connectivity index (χ3n) is 5.72. The summed E-state index contributed by atoms with van der Waals surface area (Å²) in [5.41, 5.74) is 2.77. The molecule has 2 aliphatic heterocycles. The first-order valence-corrected chi connectivity index (χ1v) is 12.2. The predicted molar refractivity (Wildman–Crippen MR) is 123 cm³/mol. The monoisotopic (exact) mass is 440 g/mol. The van der Waals surface area contributed by atoms with E-state index in [-0.39, 0.29) is 23.4 Å². The second kappa shape index (κ2) is 9.09. The number of hydrogen-bond acceptors (Lipinski definition) is 5. The minimum absolute atomic E-state index is 0.108. The molecule has 2 heterocycles. The molecule has 1 amide bonds. The van der Waals surface area contributed by atoms with Gasteiger partial charge in [-0.25, -0.2) is 8.42 Å². The Morgan fingerprint density at radius 1 is 1.13 bits per heavy atom. The molecule has 4 rings (SSSR count). The average molecular weight is 441 g/mol. The molecule has 164 valence electrons. The summed E-state index contributed by atoms with van der Waals surface area (Å²) in [6, 6.07) is 14.7. The van der Waals surface area contributed by atoms with Gasteiger partial charge in [-0.15, -0.1) is 0 Å². The third-order valence-corrected chi connectivity index (χ3v) is 7.10. The van der Waals surface area contributed by atoms with Gasteiger partial charge >= 0.3 is 0 Å². The lowest BCUT2D eigenvalue weighted by atomic mass is 10.1. The number of carbonyl (C=O) groups is 1. The Morgan fingerprint density at radius 3 is 2.84 bits per heavy atom. The second-order valence-electron chi connectivity index (χ2n) is 8.13. The van der Waals surface area contributed by atoms with Gasteiger partial charge in [-0.3, -0.25) is 14.5 Å². The maximum Gasteiger partial charge on any atom is 0.262 e. The topological polar surface area (TPSA) is 90.9 Å². The maximum absolute atomic E-state index is 12.8. The van der Waals surface area contributed by atoms with Crippen molar-refractivity contribution in [1.82, 2.24) is 4.72 Å². The highest BCUT2D eigenvalue weighted by Gasteiger charge is 2.27. The first kappa shape index (κ1) is 21.4. The summed E-state index contributed by atoms with van der Waals surface area (Å²) in [4.78, 5) is 19.2. The second-order valence-corrected chi connectivity index (χ2v) is 9.81. The normalized spacial score (nSPS) is 18.7. The van der Waals surface area contributed by atoms with Crippen molar-refractivity contribution in [3.8, 4) is 0 Å². The first-order chi connectivity index (χ1) is 14.9. The zero-order valence-electron chi connectivity index (χ0n) is 17.7. The minimum atomic E-state index is -3.75. The summed E-state index contributed by atoms with van der Waals surface area (Å²) in [6.07, 6.45) is 4.50. The van der Waals surface area contributed by atoms with E-state index < -0.39 is 10.0 Å². The molecule has 2 N–H and O–H groups in total. The molecular weight excluding hydrogens is 412 g/mol. The minimum Gasteiger partial charge on any atom is -0.359 e. The number of aliphatic imine (C=N–C) groups is 1. The number of anilines is 2. The number of carbonyl (C=O) groups excluding carboxylic acids is 1. The highest BCUT2D eigenvalue weighted by atomic mass is 32.2. The lowest BCUT2D eigenvalue weighted by Crippen LogP contribution is -2.37. The van der Waals surface area contributed by atoms with Crippen molar-refractivity contribution in [1.29, 1.82) is 0 Å². The van der Waals surface area contributed by atoms with E-state index in [0.717, 1.165) is 31.4 Å². The number of benzene rings is 2. The zero-order chi connectivity index (χ0) is 21.8. The zero-order valence-corrected chi connectivity index (χ0v) is 18.5. The van der Waals surface area contributed by atoms with Gasteiger partial charge in [0, 0.05) is 30.4 Å². The third kappa shape index (κ3) is 5.07. The standard InChI is InChI=1S/C23H28N4O3S/c1-17-14-18-8-4-5-11-21(18)27(17)16-23(28)25-19-9-7-10-20(15-19)31(29,30)26-22-12-3-2-6-13-24-22/h4-5,7-11,15,17H,2-3,6,12-14,16H2,1H3,(H,24,26)(H,25,28). The Bertz CT molecular complexity index is 1100. The number of sulfonamides is 1. The molecule has 0 saturated heterocycles. The van der Waals surface area contributed by atoms with Crippen LogP contribution in [-0.2, 0) is 21.2 Å². The van der Waals surface area contributed by atoms with Crippen molar-refractivity contribution in [2.45, 2.75) is 50.0 Å². The van der Waals surface area contributed by atoms with Crippen LogP contribution in [0.25, 0.3) is 0 Å². The van der Waals surface area contributed by atoms with Gasteiger partial charge in [-0.05, 0) is 56.0 Å². The average Bonchev–Trinajstić information content (AvgIpc) is 2.89. The van der Waals surface area contributed by atoms with Gasteiger partial charge in [-0.1, -0.05) is 30.7 Å². The maximum atomic E-state index is 12.8. The predicted octanol–water partition coefficient (Wildman–Crippen LogP) is 3.33. The molecule has 31 heavy (non-hydrogen) atoms. The Balaban J connectivity index is 1.43. The van der Waals surface area contributed by atoms with E-state index in [1.807, 2.05) is 18.2 Å². The molecular formula is C23H28N4O3S. The fraction of sp³-hybridized carbons (Fsp3) is 0.391. The summed E-state index contributed by atoms with van der Waals surface area (Å²) < 4.78 is 28.2. The van der Waals surface area contributed by atoms with Gasteiger partial charge in [0.25, 0.3) is 10.0 Å². The molecule has 0 saturated carbocycles. The molecule has 2 aromatic carbocycles. The number of hydrogen-bond donors (Lipinski definition) is 2. The number of amides is 1. The lowest BCUT2D eigenvalue weighted by Gasteiger charge is -2.24. The van der Waals surface area contributed by atoms with Crippen LogP contribution in [0.5, 0.6) is 0 Å². The fourth-order valence-corrected chi connectivity index (χ4v) is 5.27. The van der Waals surface area contributed by atoms with E-state index in [9.17, 15) is 13.2 Å². The number of para-hydroxylation sites is 1. The van der Waals surface area contributed by atoms with E-state index >= 15 is 0 Å². The molecule has 2 aromatic rings. The molecule has 2 aliphatic rings. The number of nitrogens with one attached hydrogen (secondary N) is 2. The largest absolute Gasteiger partial charge is 0.359 e. The van der Waals surface area contributed by atoms with Crippen molar-refractivity contribution in [2.24, 2.45) is 4.99 Å². The van der Waals surface area contributed by atoms with Crippen LogP contribution in [0.1, 0.15) is 38.2 Å². The van der Waals surface area contributed by atoms with Crippen LogP contribution in [0.15, 0.2) is 58.4 Å². The van der Waals surface area contributed by atoms with Crippen LogP contribution < -0.4 is 14.9 Å². The van der Waals surface area contributed by atoms with Gasteiger partial charge in [0.05, 0.1) is 11.4 Å². The van der Waals surface area contributed by atoms with E-state index in [4.69, 9.17) is 0 Å². The van der Waals surface area contributed by atoms with Crippen LogP contribution in [-0.4, -0.2) is 39.3 Å². The Labute approximate surface area is 183 Å². The smallest absolute Gasteiger partial charge is 0.262 e. The van der Waals surface area contributed by atoms with Crippen molar-refractivity contribution in [3.63, 3.8) is 0 Å². The molecule has 0 aliphatic carbocycles. The van der Waals surface area contributed by atoms with Crippen molar-refractivity contribution >= 4 is 33.1 Å². The molecule has 0 fully saturated rings. The Morgan fingerprint density at radius 2 is 1.97 bits per heavy atom. The molecule has 0 bridgehead atoms.